The Morgan fingerprint density at radius 2 is 1.71 bits per heavy atom. The lowest BCUT2D eigenvalue weighted by Crippen LogP contribution is -2.01. The molecule has 0 atom stereocenters. The second-order valence-corrected chi connectivity index (χ2v) is 8.65. The Hall–Kier alpha value is -2.18. The van der Waals surface area contributed by atoms with Gasteiger partial charge in [-0.3, -0.25) is 4.79 Å². The fourth-order valence-electron chi connectivity index (χ4n) is 2.70. The van der Waals surface area contributed by atoms with E-state index in [9.17, 15) is 9.18 Å². The molecule has 0 aromatic heterocycles. The molecule has 28 heavy (non-hydrogen) atoms. The van der Waals surface area contributed by atoms with Crippen LogP contribution in [-0.4, -0.2) is 24.1 Å². The van der Waals surface area contributed by atoms with Crippen LogP contribution >= 0.6 is 23.5 Å². The molecule has 0 saturated carbocycles. The molecule has 0 amide bonds. The monoisotopic (exact) mass is 416 g/mol. The second-order valence-electron chi connectivity index (χ2n) is 5.85. The van der Waals surface area contributed by atoms with Crippen LogP contribution in [0.4, 0.5) is 4.39 Å². The lowest BCUT2D eigenvalue weighted by molar-refractivity contribution is -0.109. The predicted molar refractivity (Wildman–Crippen MR) is 116 cm³/mol. The van der Waals surface area contributed by atoms with E-state index >= 15 is 0 Å². The number of benzene rings is 2. The minimum Gasteiger partial charge on any atom is -0.454 e. The summed E-state index contributed by atoms with van der Waals surface area (Å²) in [5.74, 6) is 2.66. The quantitative estimate of drug-likeness (QED) is 0.492. The number of thioether (sulfide) groups is 2. The van der Waals surface area contributed by atoms with Crippen LogP contribution in [0.2, 0.25) is 0 Å². The van der Waals surface area contributed by atoms with Crippen LogP contribution < -0.4 is 9.47 Å². The third-order valence-corrected chi connectivity index (χ3v) is 6.18. The Morgan fingerprint density at radius 3 is 2.39 bits per heavy atom. The molecule has 0 saturated heterocycles. The number of hydrogen-bond acceptors (Lipinski definition) is 5. The number of carbonyl (C=O) groups is 1. The van der Waals surface area contributed by atoms with Crippen molar-refractivity contribution in [3.63, 3.8) is 0 Å². The Balaban J connectivity index is 1.93. The van der Waals surface area contributed by atoms with Gasteiger partial charge in [0.1, 0.15) is 5.82 Å². The highest BCUT2D eigenvalue weighted by atomic mass is 32.2. The summed E-state index contributed by atoms with van der Waals surface area (Å²) in [6.07, 6.45) is 3.32. The van der Waals surface area contributed by atoms with Crippen molar-refractivity contribution in [2.75, 3.05) is 18.3 Å². The molecule has 1 heterocycles. The molecule has 0 unspecified atom stereocenters. The maximum Gasteiger partial charge on any atom is 0.231 e. The molecular weight excluding hydrogens is 395 g/mol. The van der Waals surface area contributed by atoms with Gasteiger partial charge in [0, 0.05) is 5.57 Å². The van der Waals surface area contributed by atoms with E-state index < -0.39 is 0 Å². The van der Waals surface area contributed by atoms with E-state index in [-0.39, 0.29) is 18.4 Å². The highest BCUT2D eigenvalue weighted by Crippen LogP contribution is 2.37. The van der Waals surface area contributed by atoms with Gasteiger partial charge < -0.3 is 9.47 Å². The zero-order chi connectivity index (χ0) is 19.9. The maximum absolute atomic E-state index is 13.4. The number of allylic oxidation sites excluding steroid dienone is 2. The fraction of sp³-hybridized carbons (Fsp3) is 0.227. The molecule has 1 aliphatic rings. The summed E-state index contributed by atoms with van der Waals surface area (Å²) >= 11 is 3.26. The van der Waals surface area contributed by atoms with Gasteiger partial charge in [0.25, 0.3) is 0 Å². The Morgan fingerprint density at radius 1 is 1.04 bits per heavy atom. The Bertz CT molecular complexity index is 896. The molecule has 6 heteroatoms. The predicted octanol–water partition coefficient (Wildman–Crippen LogP) is 6.01. The van der Waals surface area contributed by atoms with E-state index in [0.29, 0.717) is 17.1 Å². The number of rotatable bonds is 8. The standard InChI is InChI=1S/C22H21FO3S2/c1-3-27-22(28-4-2)21(16-7-9-17(23)10-8-16)18(24)11-5-15-6-12-19-20(13-15)26-14-25-19/h5-13H,3-4,14H2,1-2H3/b11-5+. The molecule has 3 nitrogen and oxygen atoms in total. The van der Waals surface area contributed by atoms with Crippen LogP contribution in [0, 0.1) is 5.82 Å². The molecule has 3 rings (SSSR count). The Kier molecular flexibility index (Phi) is 7.23. The van der Waals surface area contributed by atoms with Crippen molar-refractivity contribution in [3.8, 4) is 11.5 Å². The van der Waals surface area contributed by atoms with E-state index in [1.54, 1.807) is 47.8 Å². The molecule has 2 aromatic carbocycles. The first-order valence-electron chi connectivity index (χ1n) is 9.00. The van der Waals surface area contributed by atoms with Crippen molar-refractivity contribution >= 4 is 41.0 Å². The van der Waals surface area contributed by atoms with Crippen molar-refractivity contribution in [1.29, 1.82) is 0 Å². The molecule has 0 spiro atoms. The van der Waals surface area contributed by atoms with E-state index in [2.05, 4.69) is 13.8 Å². The first-order valence-corrected chi connectivity index (χ1v) is 11.0. The van der Waals surface area contributed by atoms with Gasteiger partial charge in [0.05, 0.1) is 4.24 Å². The average Bonchev–Trinajstić information content (AvgIpc) is 3.16. The number of hydrogen-bond donors (Lipinski definition) is 0. The highest BCUT2D eigenvalue weighted by molar-refractivity contribution is 8.22. The van der Waals surface area contributed by atoms with E-state index in [4.69, 9.17) is 9.47 Å². The molecule has 0 aliphatic carbocycles. The van der Waals surface area contributed by atoms with E-state index in [1.807, 2.05) is 18.2 Å². The summed E-state index contributed by atoms with van der Waals surface area (Å²) in [6, 6.07) is 11.6. The van der Waals surface area contributed by atoms with Crippen molar-refractivity contribution in [2.24, 2.45) is 0 Å². The molecular formula is C22H21FO3S2. The van der Waals surface area contributed by atoms with Gasteiger partial charge in [-0.2, -0.15) is 0 Å². The van der Waals surface area contributed by atoms with Crippen LogP contribution in [0.5, 0.6) is 11.5 Å². The van der Waals surface area contributed by atoms with Gasteiger partial charge in [-0.05, 0) is 53.0 Å². The van der Waals surface area contributed by atoms with Gasteiger partial charge in [0.15, 0.2) is 17.3 Å². The summed E-state index contributed by atoms with van der Waals surface area (Å²) in [6.45, 7) is 4.32. The lowest BCUT2D eigenvalue weighted by Gasteiger charge is -2.12. The van der Waals surface area contributed by atoms with Gasteiger partial charge in [-0.15, -0.1) is 23.5 Å². The van der Waals surface area contributed by atoms with E-state index in [0.717, 1.165) is 26.9 Å². The van der Waals surface area contributed by atoms with Crippen LogP contribution in [0.25, 0.3) is 11.6 Å². The number of carbonyl (C=O) groups excluding carboxylic acids is 1. The topological polar surface area (TPSA) is 35.5 Å². The number of halogens is 1. The zero-order valence-electron chi connectivity index (χ0n) is 15.7. The molecule has 0 radical (unpaired) electrons. The summed E-state index contributed by atoms with van der Waals surface area (Å²) in [5.41, 5.74) is 2.18. The zero-order valence-corrected chi connectivity index (χ0v) is 17.4. The van der Waals surface area contributed by atoms with Crippen molar-refractivity contribution < 1.29 is 18.7 Å². The van der Waals surface area contributed by atoms with E-state index in [1.165, 1.54) is 12.1 Å². The molecule has 1 aliphatic heterocycles. The van der Waals surface area contributed by atoms with Crippen LogP contribution in [0.15, 0.2) is 52.8 Å². The van der Waals surface area contributed by atoms with Crippen LogP contribution in [0.3, 0.4) is 0 Å². The molecule has 0 bridgehead atoms. The summed E-state index contributed by atoms with van der Waals surface area (Å²) in [5, 5.41) is 0. The maximum atomic E-state index is 13.4. The first-order chi connectivity index (χ1) is 13.6. The van der Waals surface area contributed by atoms with Crippen molar-refractivity contribution in [3.05, 3.63) is 69.7 Å². The lowest BCUT2D eigenvalue weighted by atomic mass is 10.0. The van der Waals surface area contributed by atoms with Crippen LogP contribution in [0.1, 0.15) is 25.0 Å². The molecule has 0 N–H and O–H groups in total. The SMILES string of the molecule is CCSC(SCC)=C(C(=O)/C=C/c1ccc2c(c1)OCO2)c1ccc(F)cc1. The minimum atomic E-state index is -0.320. The fourth-order valence-corrected chi connectivity index (χ4v) is 4.99. The Labute approximate surface area is 173 Å². The van der Waals surface area contributed by atoms with Crippen molar-refractivity contribution in [1.82, 2.24) is 0 Å². The number of ketones is 1. The average molecular weight is 417 g/mol. The normalized spacial score (nSPS) is 12.4. The molecule has 146 valence electrons. The van der Waals surface area contributed by atoms with Crippen LogP contribution in [-0.2, 0) is 4.79 Å². The van der Waals surface area contributed by atoms with Gasteiger partial charge in [0.2, 0.25) is 6.79 Å². The third-order valence-electron chi connectivity index (χ3n) is 3.96. The molecule has 2 aromatic rings. The number of ether oxygens (including phenoxy) is 2. The summed E-state index contributed by atoms with van der Waals surface area (Å²) < 4.78 is 25.0. The summed E-state index contributed by atoms with van der Waals surface area (Å²) in [7, 11) is 0. The minimum absolute atomic E-state index is 0.110. The molecule has 0 fully saturated rings. The van der Waals surface area contributed by atoms with Crippen molar-refractivity contribution in [2.45, 2.75) is 13.8 Å². The third kappa shape index (κ3) is 5.00. The second kappa shape index (κ2) is 9.85. The first kappa shape index (κ1) is 20.6. The van der Waals surface area contributed by atoms with Gasteiger partial charge in [-0.25, -0.2) is 4.39 Å². The van der Waals surface area contributed by atoms with Gasteiger partial charge in [-0.1, -0.05) is 38.1 Å². The van der Waals surface area contributed by atoms with Gasteiger partial charge >= 0.3 is 0 Å². The number of fused-ring (bicyclic) bond motifs is 1. The summed E-state index contributed by atoms with van der Waals surface area (Å²) in [4.78, 5) is 13.1. The smallest absolute Gasteiger partial charge is 0.231 e. The highest BCUT2D eigenvalue weighted by Gasteiger charge is 2.17. The largest absolute Gasteiger partial charge is 0.454 e.